The van der Waals surface area contributed by atoms with Crippen molar-refractivity contribution in [2.45, 2.75) is 19.3 Å². The first-order chi connectivity index (χ1) is 13.2. The molecule has 0 fully saturated rings. The van der Waals surface area contributed by atoms with Crippen LogP contribution in [0.5, 0.6) is 0 Å². The lowest BCUT2D eigenvalue weighted by atomic mass is 10.2. The van der Waals surface area contributed by atoms with Gasteiger partial charge in [-0.1, -0.05) is 11.6 Å². The van der Waals surface area contributed by atoms with Gasteiger partial charge >= 0.3 is 0 Å². The Morgan fingerprint density at radius 2 is 1.93 bits per heavy atom. The molecule has 0 saturated heterocycles. The van der Waals surface area contributed by atoms with Gasteiger partial charge in [0.25, 0.3) is 11.5 Å². The highest BCUT2D eigenvalue weighted by Crippen LogP contribution is 2.14. The minimum Gasteiger partial charge on any atom is -0.355 e. The van der Waals surface area contributed by atoms with Crippen LogP contribution in [0.25, 0.3) is 0 Å². The molecule has 3 aromatic rings. The van der Waals surface area contributed by atoms with E-state index in [9.17, 15) is 9.59 Å². The summed E-state index contributed by atoms with van der Waals surface area (Å²) < 4.78 is 1.02. The van der Waals surface area contributed by atoms with Gasteiger partial charge in [0.1, 0.15) is 0 Å². The Morgan fingerprint density at radius 3 is 2.70 bits per heavy atom. The molecule has 0 aliphatic carbocycles. The van der Waals surface area contributed by atoms with Crippen molar-refractivity contribution in [1.29, 1.82) is 0 Å². The second-order valence-electron chi connectivity index (χ2n) is 5.80. The second-order valence-corrected chi connectivity index (χ2v) is 6.21. The van der Waals surface area contributed by atoms with Gasteiger partial charge in [-0.25, -0.2) is 9.55 Å². The molecular formula is C19H18ClN5O2. The Balaban J connectivity index is 1.62. The fraction of sp³-hybridized carbons (Fsp3) is 0.211. The monoisotopic (exact) mass is 383 g/mol. The van der Waals surface area contributed by atoms with Gasteiger partial charge in [0, 0.05) is 37.4 Å². The largest absolute Gasteiger partial charge is 0.355 e. The Morgan fingerprint density at radius 1 is 1.07 bits per heavy atom. The highest BCUT2D eigenvalue weighted by Gasteiger charge is 2.15. The minimum absolute atomic E-state index is 0.215. The standard InChI is InChI=1S/C19H18ClN5O2/c20-15-6-4-11-22-16(15)7-1-2-10-23-19-24-12-8-17(26)25(19)18(27)14-5-3-9-21-13-14/h3-6,8-9,11-13H,1-2,7,10H2,(H,23,24). The van der Waals surface area contributed by atoms with Crippen LogP contribution in [0.1, 0.15) is 28.9 Å². The van der Waals surface area contributed by atoms with Crippen LogP contribution in [0.15, 0.2) is 59.9 Å². The van der Waals surface area contributed by atoms with Gasteiger partial charge in [-0.15, -0.1) is 0 Å². The van der Waals surface area contributed by atoms with Crippen LogP contribution in [-0.4, -0.2) is 32.0 Å². The van der Waals surface area contributed by atoms with Crippen molar-refractivity contribution in [1.82, 2.24) is 19.5 Å². The van der Waals surface area contributed by atoms with Gasteiger partial charge in [0.15, 0.2) is 0 Å². The first-order valence-corrected chi connectivity index (χ1v) is 8.90. The van der Waals surface area contributed by atoms with Crippen molar-refractivity contribution in [2.75, 3.05) is 11.9 Å². The van der Waals surface area contributed by atoms with Crippen LogP contribution in [0, 0.1) is 0 Å². The van der Waals surface area contributed by atoms with Crippen molar-refractivity contribution in [3.8, 4) is 0 Å². The van der Waals surface area contributed by atoms with E-state index < -0.39 is 11.5 Å². The van der Waals surface area contributed by atoms with Crippen molar-refractivity contribution < 1.29 is 4.79 Å². The zero-order valence-electron chi connectivity index (χ0n) is 14.5. The number of nitrogens with zero attached hydrogens (tertiary/aromatic N) is 4. The molecule has 0 amide bonds. The summed E-state index contributed by atoms with van der Waals surface area (Å²) in [5, 5.41) is 3.72. The van der Waals surface area contributed by atoms with E-state index in [4.69, 9.17) is 11.6 Å². The number of hydrogen-bond acceptors (Lipinski definition) is 6. The quantitative estimate of drug-likeness (QED) is 0.631. The van der Waals surface area contributed by atoms with Crippen molar-refractivity contribution in [3.05, 3.63) is 81.8 Å². The highest BCUT2D eigenvalue weighted by molar-refractivity contribution is 6.31. The second kappa shape index (κ2) is 9.05. The third-order valence-corrected chi connectivity index (χ3v) is 4.26. The van der Waals surface area contributed by atoms with Crippen LogP contribution < -0.4 is 10.9 Å². The summed E-state index contributed by atoms with van der Waals surface area (Å²) in [6.45, 7) is 0.557. The number of unbranched alkanes of at least 4 members (excludes halogenated alkanes) is 1. The van der Waals surface area contributed by atoms with Crippen LogP contribution in [0.2, 0.25) is 5.02 Å². The number of carbonyl (C=O) groups is 1. The van der Waals surface area contributed by atoms with Crippen molar-refractivity contribution >= 4 is 23.5 Å². The number of hydrogen-bond donors (Lipinski definition) is 1. The highest BCUT2D eigenvalue weighted by atomic mass is 35.5. The summed E-state index contributed by atoms with van der Waals surface area (Å²) in [6, 6.07) is 8.12. The first kappa shape index (κ1) is 18.7. The molecule has 0 saturated carbocycles. The van der Waals surface area contributed by atoms with E-state index in [-0.39, 0.29) is 5.95 Å². The molecular weight excluding hydrogens is 366 g/mol. The fourth-order valence-electron chi connectivity index (χ4n) is 2.57. The van der Waals surface area contributed by atoms with Gasteiger partial charge in [-0.3, -0.25) is 19.6 Å². The van der Waals surface area contributed by atoms with Gasteiger partial charge in [0.05, 0.1) is 16.3 Å². The van der Waals surface area contributed by atoms with Crippen LogP contribution in [0.4, 0.5) is 5.95 Å². The van der Waals surface area contributed by atoms with E-state index in [1.165, 1.54) is 18.5 Å². The third-order valence-electron chi connectivity index (χ3n) is 3.92. The molecule has 0 aliphatic heterocycles. The number of pyridine rings is 2. The van der Waals surface area contributed by atoms with Gasteiger partial charge < -0.3 is 5.32 Å². The summed E-state index contributed by atoms with van der Waals surface area (Å²) >= 11 is 6.10. The van der Waals surface area contributed by atoms with Gasteiger partial charge in [-0.2, -0.15) is 0 Å². The number of aromatic nitrogens is 4. The lowest BCUT2D eigenvalue weighted by molar-refractivity contribution is 0.0957. The number of aryl methyl sites for hydroxylation is 1. The minimum atomic E-state index is -0.469. The van der Waals surface area contributed by atoms with E-state index in [2.05, 4.69) is 20.3 Å². The number of carbonyl (C=O) groups excluding carboxylic acids is 1. The number of anilines is 1. The van der Waals surface area contributed by atoms with Crippen LogP contribution >= 0.6 is 11.6 Å². The molecule has 0 aromatic carbocycles. The smallest absolute Gasteiger partial charge is 0.269 e. The number of halogens is 1. The number of nitrogens with one attached hydrogen (secondary N) is 1. The topological polar surface area (TPSA) is 89.8 Å². The Hall–Kier alpha value is -3.06. The van der Waals surface area contributed by atoms with Gasteiger partial charge in [-0.05, 0) is 43.5 Å². The van der Waals surface area contributed by atoms with E-state index in [1.54, 1.807) is 30.6 Å². The summed E-state index contributed by atoms with van der Waals surface area (Å²) in [6.07, 6.45) is 8.50. The Labute approximate surface area is 161 Å². The number of rotatable bonds is 7. The molecule has 0 aliphatic rings. The maximum Gasteiger partial charge on any atom is 0.269 e. The van der Waals surface area contributed by atoms with E-state index in [1.807, 2.05) is 6.07 Å². The fourth-order valence-corrected chi connectivity index (χ4v) is 2.78. The SMILES string of the molecule is O=C(c1cccnc1)n1c(NCCCCc2ncccc2Cl)nccc1=O. The summed E-state index contributed by atoms with van der Waals surface area (Å²) in [7, 11) is 0. The Bertz CT molecular complexity index is 975. The van der Waals surface area contributed by atoms with Gasteiger partial charge in [0.2, 0.25) is 5.95 Å². The van der Waals surface area contributed by atoms with Crippen molar-refractivity contribution in [2.24, 2.45) is 0 Å². The maximum absolute atomic E-state index is 12.6. The molecule has 27 heavy (non-hydrogen) atoms. The average Bonchev–Trinajstić information content (AvgIpc) is 2.69. The van der Waals surface area contributed by atoms with E-state index in [0.29, 0.717) is 17.1 Å². The molecule has 0 radical (unpaired) electrons. The lowest BCUT2D eigenvalue weighted by Crippen LogP contribution is -2.30. The normalized spacial score (nSPS) is 10.6. The molecule has 1 N–H and O–H groups in total. The Kier molecular flexibility index (Phi) is 6.27. The molecule has 8 heteroatoms. The zero-order chi connectivity index (χ0) is 19.1. The van der Waals surface area contributed by atoms with E-state index in [0.717, 1.165) is 29.5 Å². The third kappa shape index (κ3) is 4.77. The summed E-state index contributed by atoms with van der Waals surface area (Å²) in [5.41, 5.74) is 0.739. The molecule has 0 spiro atoms. The molecule has 138 valence electrons. The molecule has 3 rings (SSSR count). The molecule has 3 heterocycles. The van der Waals surface area contributed by atoms with Crippen molar-refractivity contribution in [3.63, 3.8) is 0 Å². The zero-order valence-corrected chi connectivity index (χ0v) is 15.3. The van der Waals surface area contributed by atoms with E-state index >= 15 is 0 Å². The summed E-state index contributed by atoms with van der Waals surface area (Å²) in [5.74, 6) is -0.254. The molecule has 7 nitrogen and oxygen atoms in total. The van der Waals surface area contributed by atoms with Crippen LogP contribution in [-0.2, 0) is 6.42 Å². The molecule has 0 atom stereocenters. The first-order valence-electron chi connectivity index (χ1n) is 8.53. The summed E-state index contributed by atoms with van der Waals surface area (Å²) in [4.78, 5) is 37.1. The molecule has 3 aromatic heterocycles. The predicted octanol–water partition coefficient (Wildman–Crippen LogP) is 2.81. The lowest BCUT2D eigenvalue weighted by Gasteiger charge is -2.11. The maximum atomic E-state index is 12.6. The molecule has 0 unspecified atom stereocenters. The van der Waals surface area contributed by atoms with Crippen LogP contribution in [0.3, 0.4) is 0 Å². The predicted molar refractivity (Wildman–Crippen MR) is 103 cm³/mol. The average molecular weight is 384 g/mol. The molecule has 0 bridgehead atoms.